The van der Waals surface area contributed by atoms with Crippen LogP contribution in [-0.4, -0.2) is 20.2 Å². The Balaban J connectivity index is 1.03. The van der Waals surface area contributed by atoms with E-state index in [0.717, 1.165) is 133 Å². The third-order valence-corrected chi connectivity index (χ3v) is 26.1. The van der Waals surface area contributed by atoms with Crippen molar-refractivity contribution >= 4 is 160 Å². The molecule has 124 heavy (non-hydrogen) atoms. The number of nitrogens with zero attached hydrogens (tertiary/aromatic N) is 5. The Morgan fingerprint density at radius 1 is 0.242 bits per heavy atom. The van der Waals surface area contributed by atoms with E-state index in [-0.39, 0.29) is 71.9 Å². The van der Waals surface area contributed by atoms with E-state index in [4.69, 9.17) is 0 Å². The summed E-state index contributed by atoms with van der Waals surface area (Å²) in [6.45, 7) is 26.0. The molecule has 6 heterocycles. The molecule has 0 unspecified atom stereocenters. The lowest BCUT2D eigenvalue weighted by Gasteiger charge is -2.46. The molecule has 17 aromatic carbocycles. The van der Waals surface area contributed by atoms with Gasteiger partial charge in [-0.25, -0.2) is 0 Å². The predicted octanol–water partition coefficient (Wildman–Crippen LogP) is 30.4. The van der Waals surface area contributed by atoms with Crippen molar-refractivity contribution in [1.82, 2.24) is 13.5 Å². The van der Waals surface area contributed by atoms with Gasteiger partial charge in [-0.3, -0.25) is 0 Å². The summed E-state index contributed by atoms with van der Waals surface area (Å²) in [6, 6.07) is 89.1. The van der Waals surface area contributed by atoms with Crippen molar-refractivity contribution in [3.63, 3.8) is 0 Å². The van der Waals surface area contributed by atoms with E-state index in [0.29, 0.717) is 49.8 Å². The highest BCUT2D eigenvalue weighted by Crippen LogP contribution is 2.57. The van der Waals surface area contributed by atoms with E-state index in [1.54, 1.807) is 4.57 Å². The molecule has 0 spiro atoms. The molecule has 0 saturated heterocycles. The summed E-state index contributed by atoms with van der Waals surface area (Å²) in [5, 5.41) is 5.56. The molecule has 0 N–H and O–H groups in total. The van der Waals surface area contributed by atoms with Gasteiger partial charge in [0.2, 0.25) is 0 Å². The quantitative estimate of drug-likeness (QED) is 0.141. The predicted molar refractivity (Wildman–Crippen MR) is 533 cm³/mol. The molecule has 0 atom stereocenters. The number of benzene rings is 17. The van der Waals surface area contributed by atoms with E-state index in [1.165, 1.54) is 0 Å². The minimum atomic E-state index is -0.891. The Bertz CT molecular complexity index is 8780. The van der Waals surface area contributed by atoms with Crippen LogP contribution in [0.25, 0.3) is 159 Å². The Morgan fingerprint density at radius 2 is 0.589 bits per heavy atom. The molecule has 5 nitrogen and oxygen atoms in total. The average Bonchev–Trinajstić information content (AvgIpc) is 1.67. The number of rotatable bonds is 8. The Hall–Kier alpha value is -14.2. The summed E-state index contributed by atoms with van der Waals surface area (Å²) in [6.07, 6.45) is 0. The maximum atomic E-state index is 10.6. The van der Waals surface area contributed by atoms with Crippen LogP contribution in [0.5, 0.6) is 0 Å². The van der Waals surface area contributed by atoms with Gasteiger partial charge in [-0.2, -0.15) is 0 Å². The van der Waals surface area contributed by atoms with Gasteiger partial charge in [0.25, 0.3) is 6.71 Å². The number of anilines is 6. The molecule has 4 aromatic heterocycles. The second kappa shape index (κ2) is 27.7. The van der Waals surface area contributed by atoms with Crippen LogP contribution in [0.3, 0.4) is 0 Å². The lowest BCUT2D eigenvalue weighted by molar-refractivity contribution is 0.590. The van der Waals surface area contributed by atoms with Crippen molar-refractivity contribution in [2.45, 2.75) is 105 Å². The van der Waals surface area contributed by atoms with Gasteiger partial charge in [0.05, 0.1) is 76.2 Å². The third kappa shape index (κ3) is 11.6. The minimum Gasteiger partial charge on any atom is -0.310 e. The second-order valence-corrected chi connectivity index (χ2v) is 37.7. The van der Waals surface area contributed by atoms with Crippen LogP contribution in [0, 0.1) is 0 Å². The number of aromatic nitrogens is 3. The molecular formula is C118H96BN5. The number of fused-ring (bicyclic) bond motifs is 20. The fourth-order valence-corrected chi connectivity index (χ4v) is 19.9. The summed E-state index contributed by atoms with van der Waals surface area (Å²) in [7, 11) is 0. The van der Waals surface area contributed by atoms with Gasteiger partial charge in [-0.1, -0.05) is 350 Å². The SMILES string of the molecule is [2H]c1c([2H])c([2H])c2c(c1[2H])c1c([2H])c([2H])c([2H])c([2H])c1n2-c1ccc2c(c1)N(c1c(-c3ccccc3)cc(C(C)(C)C)cc1-c1ccccc1)c1cc(-n3c4ccc(C(C)(C)C)cc4c4cc(C(C)(C)C)ccc43)cc3c1B2c1cc2c4ccccc4c4ccccc4c4c([2H])c([2H])c([2H])c5c6c([2H])c([2H])c([2H])c([2H])c6n(c2cc1N3c1c(-c2ccccc2)cc(C(C)(C)C)cc1-c1ccccc1)c45. The van der Waals surface area contributed by atoms with Crippen molar-refractivity contribution in [2.24, 2.45) is 0 Å². The number of hydrogen-bond acceptors (Lipinski definition) is 2. The Kier molecular flexibility index (Phi) is 13.5. The fourth-order valence-electron chi connectivity index (χ4n) is 19.9. The molecule has 21 aromatic rings. The van der Waals surface area contributed by atoms with Gasteiger partial charge < -0.3 is 23.3 Å². The summed E-state index contributed by atoms with van der Waals surface area (Å²) in [5.74, 6) is 0. The second-order valence-electron chi connectivity index (χ2n) is 37.7. The van der Waals surface area contributed by atoms with Gasteiger partial charge in [0.1, 0.15) is 0 Å². The molecule has 0 fully saturated rings. The van der Waals surface area contributed by atoms with E-state index in [9.17, 15) is 20.6 Å². The van der Waals surface area contributed by atoms with Crippen molar-refractivity contribution < 1.29 is 20.6 Å². The standard InChI is InChI=1S/C118H96BN5/c1-115(2,3)77-56-60-104-96(62-77)97-63-78(116(4,5)6)57-61-105(97)121(104)82-69-109-111-110(70-82)124(114-94(75-40-21-15-22-41-75)66-80(118(10,11)12)67-95(114)76-42-23-16-24-43-76)108-72-106-98(86-47-28-26-45-84(86)83-44-25-27-46-85(83)90-51-35-52-91-89-50-31-34-55-103(89)122(106)112(90)91)71-100(108)119(111)99-59-58-81(120-101-53-32-29-48-87(101)88-49-30-33-54-102(88)120)68-107(99)123(109)113-92(73-36-17-13-18-37-73)64-79(117(7,8)9)65-93(113)74-38-19-14-20-39-74/h13-72H,1-12H3/i29D,30D,31D,32D,33D,34D,35D,48D,49D,50D,51D,52D,53D,54D,55D. The van der Waals surface area contributed by atoms with Gasteiger partial charge >= 0.3 is 0 Å². The van der Waals surface area contributed by atoms with Gasteiger partial charge in [-0.05, 0) is 201 Å². The van der Waals surface area contributed by atoms with Crippen LogP contribution >= 0.6 is 0 Å². The molecule has 0 saturated carbocycles. The van der Waals surface area contributed by atoms with Crippen LogP contribution < -0.4 is 26.2 Å². The van der Waals surface area contributed by atoms with E-state index >= 15 is 0 Å². The lowest BCUT2D eigenvalue weighted by atomic mass is 9.33. The highest BCUT2D eigenvalue weighted by molar-refractivity contribution is 7.00. The monoisotopic (exact) mass is 1610 g/mol. The molecule has 0 amide bonds. The smallest absolute Gasteiger partial charge is 0.252 e. The summed E-state index contributed by atoms with van der Waals surface area (Å²) >= 11 is 0. The van der Waals surface area contributed by atoms with Crippen LogP contribution in [0.2, 0.25) is 0 Å². The molecule has 2 aliphatic heterocycles. The summed E-state index contributed by atoms with van der Waals surface area (Å²) < 4.78 is 155. The van der Waals surface area contributed by atoms with Crippen LogP contribution in [0.4, 0.5) is 34.1 Å². The molecule has 596 valence electrons. The molecule has 2 aliphatic rings. The topological polar surface area (TPSA) is 20.8 Å². The molecule has 0 bridgehead atoms. The first kappa shape index (κ1) is 60.3. The maximum Gasteiger partial charge on any atom is 0.252 e. The highest BCUT2D eigenvalue weighted by atomic mass is 15.2. The van der Waals surface area contributed by atoms with Crippen LogP contribution in [-0.2, 0) is 21.7 Å². The molecule has 0 aliphatic carbocycles. The molecule has 0 radical (unpaired) electrons. The van der Waals surface area contributed by atoms with Gasteiger partial charge in [0, 0.05) is 93.8 Å². The van der Waals surface area contributed by atoms with Crippen LogP contribution in [0.15, 0.2) is 364 Å². The number of para-hydroxylation sites is 4. The molecule has 6 heteroatoms. The van der Waals surface area contributed by atoms with Crippen molar-refractivity contribution in [1.29, 1.82) is 0 Å². The zero-order chi connectivity index (χ0) is 97.2. The normalized spacial score (nSPS) is 14.8. The zero-order valence-corrected chi connectivity index (χ0v) is 71.3. The first-order valence-electron chi connectivity index (χ1n) is 50.4. The summed E-state index contributed by atoms with van der Waals surface area (Å²) in [5.41, 5.74) is 19.8. The van der Waals surface area contributed by atoms with Crippen LogP contribution in [0.1, 0.15) is 126 Å². The van der Waals surface area contributed by atoms with E-state index in [1.807, 2.05) is 77.2 Å². The Labute approximate surface area is 746 Å². The van der Waals surface area contributed by atoms with Gasteiger partial charge in [-0.15, -0.1) is 0 Å². The third-order valence-electron chi connectivity index (χ3n) is 26.1. The van der Waals surface area contributed by atoms with Crippen molar-refractivity contribution in [3.8, 4) is 55.9 Å². The van der Waals surface area contributed by atoms with Crippen molar-refractivity contribution in [3.05, 3.63) is 386 Å². The zero-order valence-electron chi connectivity index (χ0n) is 86.3. The number of hydrogen-bond donors (Lipinski definition) is 0. The first-order chi connectivity index (χ1) is 66.3. The largest absolute Gasteiger partial charge is 0.310 e. The lowest BCUT2D eigenvalue weighted by Crippen LogP contribution is -2.61. The highest BCUT2D eigenvalue weighted by Gasteiger charge is 2.47. The molecule has 23 rings (SSSR count). The fraction of sp³-hybridized carbons (Fsp3) is 0.136. The maximum absolute atomic E-state index is 10.6. The summed E-state index contributed by atoms with van der Waals surface area (Å²) in [4.78, 5) is 4.86. The first-order valence-corrected chi connectivity index (χ1v) is 42.9. The van der Waals surface area contributed by atoms with E-state index in [2.05, 4.69) is 298 Å². The molecular weight excluding hydrogens is 1500 g/mol. The Morgan fingerprint density at radius 3 is 1.02 bits per heavy atom. The minimum absolute atomic E-state index is 0.0185. The van der Waals surface area contributed by atoms with Crippen molar-refractivity contribution in [2.75, 3.05) is 9.80 Å². The van der Waals surface area contributed by atoms with E-state index < -0.39 is 96.1 Å². The average molecular weight is 1610 g/mol. The van der Waals surface area contributed by atoms with Gasteiger partial charge in [0.15, 0.2) is 0 Å².